The Labute approximate surface area is 106 Å². The smallest absolute Gasteiger partial charge is 0.0625 e. The standard InChI is InChI=1S/C14H15ClS/c1-10-3-4-13(7-11(10)2)14(15)8-12-5-6-16-9-12/h3-7,9,14H,8H2,1-2H3. The molecule has 0 bridgehead atoms. The molecule has 0 fully saturated rings. The molecule has 16 heavy (non-hydrogen) atoms. The van der Waals surface area contributed by atoms with Crippen LogP contribution >= 0.6 is 22.9 Å². The topological polar surface area (TPSA) is 0 Å². The van der Waals surface area contributed by atoms with E-state index in [9.17, 15) is 0 Å². The Morgan fingerprint density at radius 1 is 1.19 bits per heavy atom. The average Bonchev–Trinajstić information content (AvgIpc) is 2.74. The van der Waals surface area contributed by atoms with Gasteiger partial charge in [0.15, 0.2) is 0 Å². The molecule has 2 rings (SSSR count). The fourth-order valence-corrected chi connectivity index (χ4v) is 2.69. The van der Waals surface area contributed by atoms with Gasteiger partial charge in [0.1, 0.15) is 0 Å². The zero-order valence-corrected chi connectivity index (χ0v) is 11.1. The molecule has 84 valence electrons. The van der Waals surface area contributed by atoms with Crippen LogP contribution in [0.4, 0.5) is 0 Å². The van der Waals surface area contributed by atoms with Crippen molar-refractivity contribution in [2.45, 2.75) is 25.6 Å². The first-order chi connectivity index (χ1) is 7.66. The van der Waals surface area contributed by atoms with Crippen molar-refractivity contribution in [2.24, 2.45) is 0 Å². The highest BCUT2D eigenvalue weighted by atomic mass is 35.5. The maximum atomic E-state index is 6.43. The molecular weight excluding hydrogens is 236 g/mol. The van der Waals surface area contributed by atoms with Crippen molar-refractivity contribution in [2.75, 3.05) is 0 Å². The van der Waals surface area contributed by atoms with Gasteiger partial charge >= 0.3 is 0 Å². The van der Waals surface area contributed by atoms with Crippen molar-refractivity contribution >= 4 is 22.9 Å². The van der Waals surface area contributed by atoms with Crippen LogP contribution in [-0.4, -0.2) is 0 Å². The van der Waals surface area contributed by atoms with Gasteiger partial charge in [-0.05, 0) is 59.3 Å². The van der Waals surface area contributed by atoms with Crippen molar-refractivity contribution in [3.63, 3.8) is 0 Å². The lowest BCUT2D eigenvalue weighted by Crippen LogP contribution is -1.96. The molecule has 1 atom stereocenters. The predicted octanol–water partition coefficient (Wildman–Crippen LogP) is 4.89. The highest BCUT2D eigenvalue weighted by Crippen LogP contribution is 2.27. The Balaban J connectivity index is 2.14. The summed E-state index contributed by atoms with van der Waals surface area (Å²) in [6.07, 6.45) is 0.910. The third-order valence-electron chi connectivity index (χ3n) is 2.89. The van der Waals surface area contributed by atoms with Crippen LogP contribution in [0.5, 0.6) is 0 Å². The van der Waals surface area contributed by atoms with Gasteiger partial charge in [-0.2, -0.15) is 11.3 Å². The molecule has 0 saturated heterocycles. The molecule has 0 saturated carbocycles. The third-order valence-corrected chi connectivity index (χ3v) is 4.03. The van der Waals surface area contributed by atoms with E-state index >= 15 is 0 Å². The fraction of sp³-hybridized carbons (Fsp3) is 0.286. The molecule has 0 amide bonds. The van der Waals surface area contributed by atoms with E-state index in [1.54, 1.807) is 11.3 Å². The molecule has 0 N–H and O–H groups in total. The normalized spacial score (nSPS) is 12.7. The molecule has 0 aliphatic heterocycles. The minimum atomic E-state index is 0.0777. The van der Waals surface area contributed by atoms with Gasteiger partial charge in [0, 0.05) is 0 Å². The van der Waals surface area contributed by atoms with Crippen molar-refractivity contribution in [1.82, 2.24) is 0 Å². The Bertz CT molecular complexity index is 460. The number of thiophene rings is 1. The number of halogens is 1. The first kappa shape index (κ1) is 11.7. The van der Waals surface area contributed by atoms with E-state index in [4.69, 9.17) is 11.6 Å². The summed E-state index contributed by atoms with van der Waals surface area (Å²) in [7, 11) is 0. The molecule has 0 aliphatic rings. The third kappa shape index (κ3) is 2.66. The Hall–Kier alpha value is -0.790. The van der Waals surface area contributed by atoms with E-state index in [0.29, 0.717) is 0 Å². The summed E-state index contributed by atoms with van der Waals surface area (Å²) in [4.78, 5) is 0. The minimum absolute atomic E-state index is 0.0777. The number of benzene rings is 1. The summed E-state index contributed by atoms with van der Waals surface area (Å²) < 4.78 is 0. The van der Waals surface area contributed by atoms with Crippen LogP contribution in [-0.2, 0) is 6.42 Å². The number of alkyl halides is 1. The maximum Gasteiger partial charge on any atom is 0.0625 e. The van der Waals surface area contributed by atoms with Crippen LogP contribution < -0.4 is 0 Å². The molecule has 1 aromatic heterocycles. The van der Waals surface area contributed by atoms with E-state index in [-0.39, 0.29) is 5.38 Å². The van der Waals surface area contributed by atoms with E-state index in [1.165, 1.54) is 22.3 Å². The summed E-state index contributed by atoms with van der Waals surface area (Å²) in [6, 6.07) is 8.61. The lowest BCUT2D eigenvalue weighted by atomic mass is 10.0. The van der Waals surface area contributed by atoms with E-state index in [0.717, 1.165) is 6.42 Å². The zero-order valence-electron chi connectivity index (χ0n) is 9.53. The van der Waals surface area contributed by atoms with Crippen molar-refractivity contribution < 1.29 is 0 Å². The minimum Gasteiger partial charge on any atom is -0.152 e. The van der Waals surface area contributed by atoms with Gasteiger partial charge in [-0.25, -0.2) is 0 Å². The summed E-state index contributed by atoms with van der Waals surface area (Å²) >= 11 is 8.15. The molecule has 0 aliphatic carbocycles. The SMILES string of the molecule is Cc1ccc(C(Cl)Cc2ccsc2)cc1C. The maximum absolute atomic E-state index is 6.43. The zero-order chi connectivity index (χ0) is 11.5. The van der Waals surface area contributed by atoms with E-state index in [2.05, 4.69) is 48.9 Å². The highest BCUT2D eigenvalue weighted by molar-refractivity contribution is 7.07. The summed E-state index contributed by atoms with van der Waals surface area (Å²) in [5, 5.41) is 4.34. The number of hydrogen-bond acceptors (Lipinski definition) is 1. The van der Waals surface area contributed by atoms with Gasteiger partial charge in [-0.15, -0.1) is 11.6 Å². The number of aryl methyl sites for hydroxylation is 2. The van der Waals surface area contributed by atoms with Gasteiger partial charge < -0.3 is 0 Å². The summed E-state index contributed by atoms with van der Waals surface area (Å²) in [6.45, 7) is 4.26. The summed E-state index contributed by atoms with van der Waals surface area (Å²) in [5.74, 6) is 0. The van der Waals surface area contributed by atoms with Gasteiger partial charge in [-0.3, -0.25) is 0 Å². The van der Waals surface area contributed by atoms with Crippen molar-refractivity contribution in [1.29, 1.82) is 0 Å². The first-order valence-corrected chi connectivity index (χ1v) is 6.77. The quantitative estimate of drug-likeness (QED) is 0.681. The average molecular weight is 251 g/mol. The highest BCUT2D eigenvalue weighted by Gasteiger charge is 2.09. The largest absolute Gasteiger partial charge is 0.152 e. The lowest BCUT2D eigenvalue weighted by Gasteiger charge is -2.11. The van der Waals surface area contributed by atoms with Crippen LogP contribution in [0, 0.1) is 13.8 Å². The van der Waals surface area contributed by atoms with Gasteiger partial charge in [0.2, 0.25) is 0 Å². The molecule has 0 radical (unpaired) electrons. The van der Waals surface area contributed by atoms with Crippen LogP contribution in [0.3, 0.4) is 0 Å². The monoisotopic (exact) mass is 250 g/mol. The fourth-order valence-electron chi connectivity index (χ4n) is 1.69. The molecule has 2 aromatic rings. The molecule has 1 unspecified atom stereocenters. The Morgan fingerprint density at radius 3 is 2.62 bits per heavy atom. The number of hydrogen-bond donors (Lipinski definition) is 0. The van der Waals surface area contributed by atoms with Crippen molar-refractivity contribution in [3.8, 4) is 0 Å². The van der Waals surface area contributed by atoms with Gasteiger partial charge in [0.25, 0.3) is 0 Å². The number of rotatable bonds is 3. The molecule has 0 nitrogen and oxygen atoms in total. The molecule has 2 heteroatoms. The summed E-state index contributed by atoms with van der Waals surface area (Å²) in [5.41, 5.74) is 5.18. The van der Waals surface area contributed by atoms with Crippen LogP contribution in [0.25, 0.3) is 0 Å². The Morgan fingerprint density at radius 2 is 2.00 bits per heavy atom. The second kappa shape index (κ2) is 5.03. The van der Waals surface area contributed by atoms with Crippen LogP contribution in [0.15, 0.2) is 35.0 Å². The molecule has 0 spiro atoms. The molecule has 1 aromatic carbocycles. The van der Waals surface area contributed by atoms with Crippen LogP contribution in [0.1, 0.15) is 27.6 Å². The molecule has 1 heterocycles. The van der Waals surface area contributed by atoms with E-state index < -0.39 is 0 Å². The molecular formula is C14H15ClS. The van der Waals surface area contributed by atoms with Crippen LogP contribution in [0.2, 0.25) is 0 Å². The predicted molar refractivity (Wildman–Crippen MR) is 72.5 cm³/mol. The van der Waals surface area contributed by atoms with Gasteiger partial charge in [0.05, 0.1) is 5.38 Å². The second-order valence-electron chi connectivity index (χ2n) is 4.15. The van der Waals surface area contributed by atoms with E-state index in [1.807, 2.05) is 0 Å². The lowest BCUT2D eigenvalue weighted by molar-refractivity contribution is 0.921. The van der Waals surface area contributed by atoms with Crippen molar-refractivity contribution in [3.05, 3.63) is 57.3 Å². The van der Waals surface area contributed by atoms with Gasteiger partial charge in [-0.1, -0.05) is 18.2 Å². The first-order valence-electron chi connectivity index (χ1n) is 5.39. The Kier molecular flexibility index (Phi) is 3.67. The second-order valence-corrected chi connectivity index (χ2v) is 5.45.